The number of nitrogens with one attached hydrogen (secondary N) is 3. The molecule has 7 heteroatoms. The van der Waals surface area contributed by atoms with E-state index in [1.807, 2.05) is 12.1 Å². The molecule has 1 saturated heterocycles. The van der Waals surface area contributed by atoms with Gasteiger partial charge < -0.3 is 16.0 Å². The smallest absolute Gasteiger partial charge is 0.220 e. The van der Waals surface area contributed by atoms with Crippen LogP contribution in [-0.4, -0.2) is 37.5 Å². The molecule has 3 N–H and O–H groups in total. The second-order valence-corrected chi connectivity index (χ2v) is 7.11. The topological polar surface area (TPSA) is 65.5 Å². The normalized spacial score (nSPS) is 21.8. The largest absolute Gasteiger partial charge is 0.357 e. The van der Waals surface area contributed by atoms with Gasteiger partial charge in [-0.3, -0.25) is 9.79 Å². The maximum Gasteiger partial charge on any atom is 0.220 e. The van der Waals surface area contributed by atoms with Gasteiger partial charge in [0, 0.05) is 36.0 Å². The van der Waals surface area contributed by atoms with E-state index in [4.69, 9.17) is 16.6 Å². The van der Waals surface area contributed by atoms with Gasteiger partial charge in [-0.05, 0) is 43.9 Å². The molecule has 1 aliphatic heterocycles. The Bertz CT molecular complexity index is 623. The van der Waals surface area contributed by atoms with Crippen molar-refractivity contribution in [1.82, 2.24) is 16.0 Å². The summed E-state index contributed by atoms with van der Waals surface area (Å²) in [6.07, 6.45) is 3.71. The van der Waals surface area contributed by atoms with E-state index in [1.165, 1.54) is 5.56 Å². The second-order valence-electron chi connectivity index (χ2n) is 6.67. The Labute approximate surface area is 171 Å². The molecule has 0 radical (unpaired) electrons. The molecule has 25 heavy (non-hydrogen) atoms. The van der Waals surface area contributed by atoms with Crippen LogP contribution in [0.25, 0.3) is 0 Å². The summed E-state index contributed by atoms with van der Waals surface area (Å²) < 4.78 is 0. The molecule has 1 aromatic carbocycles. The molecule has 0 bridgehead atoms. The Balaban J connectivity index is 0.00000225. The summed E-state index contributed by atoms with van der Waals surface area (Å²) in [5, 5.41) is 10.4. The first-order valence-electron chi connectivity index (χ1n) is 8.69. The summed E-state index contributed by atoms with van der Waals surface area (Å²) in [5.74, 6) is 0.958. The third kappa shape index (κ3) is 5.48. The van der Waals surface area contributed by atoms with Crippen LogP contribution in [-0.2, 0) is 10.2 Å². The molecule has 138 valence electrons. The van der Waals surface area contributed by atoms with E-state index >= 15 is 0 Å². The van der Waals surface area contributed by atoms with E-state index in [1.54, 1.807) is 0 Å². The van der Waals surface area contributed by atoms with E-state index in [2.05, 4.69) is 35.0 Å². The van der Waals surface area contributed by atoms with Crippen LogP contribution < -0.4 is 16.0 Å². The Hall–Kier alpha value is -1.02. The number of hydrogen-bond donors (Lipinski definition) is 3. The Morgan fingerprint density at radius 1 is 1.44 bits per heavy atom. The molecule has 2 fully saturated rings. The Kier molecular flexibility index (Phi) is 7.37. The zero-order chi connectivity index (χ0) is 17.0. The van der Waals surface area contributed by atoms with Crippen LogP contribution in [0, 0.1) is 0 Å². The molecular formula is C18H26ClIN4O. The van der Waals surface area contributed by atoms with Crippen molar-refractivity contribution in [2.24, 2.45) is 4.99 Å². The van der Waals surface area contributed by atoms with Crippen LogP contribution in [0.4, 0.5) is 0 Å². The summed E-state index contributed by atoms with van der Waals surface area (Å²) in [6, 6.07) is 8.36. The summed E-state index contributed by atoms with van der Waals surface area (Å²) in [4.78, 5) is 16.1. The number of amides is 1. The van der Waals surface area contributed by atoms with Crippen molar-refractivity contribution in [3.63, 3.8) is 0 Å². The molecule has 1 heterocycles. The average molecular weight is 477 g/mol. The van der Waals surface area contributed by atoms with E-state index in [0.29, 0.717) is 13.0 Å². The molecule has 3 rings (SSSR count). The third-order valence-electron chi connectivity index (χ3n) is 4.78. The number of guanidine groups is 1. The van der Waals surface area contributed by atoms with Crippen LogP contribution in [0.5, 0.6) is 0 Å². The van der Waals surface area contributed by atoms with Gasteiger partial charge in [0.15, 0.2) is 5.96 Å². The van der Waals surface area contributed by atoms with Crippen molar-refractivity contribution < 1.29 is 4.79 Å². The van der Waals surface area contributed by atoms with Gasteiger partial charge in [-0.15, -0.1) is 24.0 Å². The molecular weight excluding hydrogens is 451 g/mol. The zero-order valence-corrected chi connectivity index (χ0v) is 17.6. The van der Waals surface area contributed by atoms with Gasteiger partial charge in [-0.1, -0.05) is 23.7 Å². The number of halogens is 2. The lowest BCUT2D eigenvalue weighted by Crippen LogP contribution is -2.51. The summed E-state index contributed by atoms with van der Waals surface area (Å²) >= 11 is 6.14. The van der Waals surface area contributed by atoms with Crippen LogP contribution in [0.15, 0.2) is 29.3 Å². The number of piperidine rings is 1. The first kappa shape index (κ1) is 20.3. The molecule has 0 spiro atoms. The molecule has 1 amide bonds. The van der Waals surface area contributed by atoms with Crippen molar-refractivity contribution in [3.05, 3.63) is 34.9 Å². The number of benzene rings is 1. The number of rotatable bonds is 5. The highest BCUT2D eigenvalue weighted by Gasteiger charge is 2.44. The van der Waals surface area contributed by atoms with Gasteiger partial charge in [0.05, 0.1) is 6.54 Å². The lowest BCUT2D eigenvalue weighted by atomic mass is 9.96. The van der Waals surface area contributed by atoms with Crippen molar-refractivity contribution >= 4 is 47.4 Å². The Morgan fingerprint density at radius 2 is 2.24 bits per heavy atom. The summed E-state index contributed by atoms with van der Waals surface area (Å²) in [7, 11) is 0. The van der Waals surface area contributed by atoms with Crippen LogP contribution in [0.2, 0.25) is 5.02 Å². The predicted octanol–water partition coefficient (Wildman–Crippen LogP) is 2.82. The van der Waals surface area contributed by atoms with E-state index < -0.39 is 0 Å². The van der Waals surface area contributed by atoms with Gasteiger partial charge in [0.2, 0.25) is 5.91 Å². The van der Waals surface area contributed by atoms with Gasteiger partial charge in [-0.25, -0.2) is 0 Å². The van der Waals surface area contributed by atoms with E-state index in [9.17, 15) is 4.79 Å². The molecule has 1 unspecified atom stereocenters. The monoisotopic (exact) mass is 476 g/mol. The summed E-state index contributed by atoms with van der Waals surface area (Å²) in [5.41, 5.74) is 1.41. The van der Waals surface area contributed by atoms with Gasteiger partial charge in [-0.2, -0.15) is 0 Å². The van der Waals surface area contributed by atoms with Crippen molar-refractivity contribution in [2.45, 2.75) is 44.1 Å². The number of hydrogen-bond acceptors (Lipinski definition) is 2. The van der Waals surface area contributed by atoms with Gasteiger partial charge >= 0.3 is 0 Å². The number of carbonyl (C=O) groups excluding carboxylic acids is 1. The first-order valence-corrected chi connectivity index (χ1v) is 9.07. The molecule has 2 aliphatic rings. The fourth-order valence-electron chi connectivity index (χ4n) is 3.11. The maximum atomic E-state index is 11.3. The number of nitrogens with zero attached hydrogens (tertiary/aromatic N) is 1. The van der Waals surface area contributed by atoms with Crippen molar-refractivity contribution in [2.75, 3.05) is 19.6 Å². The van der Waals surface area contributed by atoms with Crippen LogP contribution in [0.3, 0.4) is 0 Å². The number of aliphatic imine (C=N–C) groups is 1. The molecule has 1 aromatic rings. The maximum absolute atomic E-state index is 11.3. The summed E-state index contributed by atoms with van der Waals surface area (Å²) in [6.45, 7) is 4.28. The van der Waals surface area contributed by atoms with E-state index in [-0.39, 0.29) is 41.3 Å². The molecule has 1 saturated carbocycles. The highest BCUT2D eigenvalue weighted by atomic mass is 127. The Morgan fingerprint density at radius 3 is 2.84 bits per heavy atom. The standard InChI is InChI=1S/C18H25ClN4O.HI/c1-2-20-17(23-15-6-7-16(24)21-11-15)22-12-18(8-9-18)13-4-3-5-14(19)10-13;/h3-5,10,15H,2,6-9,11-12H2,1H3,(H,21,24)(H2,20,22,23);1H. The van der Waals surface area contributed by atoms with Crippen LogP contribution in [0.1, 0.15) is 38.2 Å². The molecule has 1 atom stereocenters. The minimum atomic E-state index is 0. The average Bonchev–Trinajstić information content (AvgIpc) is 3.36. The highest BCUT2D eigenvalue weighted by Crippen LogP contribution is 2.48. The quantitative estimate of drug-likeness (QED) is 0.348. The van der Waals surface area contributed by atoms with Crippen LogP contribution >= 0.6 is 35.6 Å². The van der Waals surface area contributed by atoms with Crippen molar-refractivity contribution in [1.29, 1.82) is 0 Å². The molecule has 0 aromatic heterocycles. The predicted molar refractivity (Wildman–Crippen MR) is 113 cm³/mol. The SMILES string of the molecule is CCNC(=NCC1(c2cccc(Cl)c2)CC1)NC1CCC(=O)NC1.I. The number of carbonyl (C=O) groups is 1. The zero-order valence-electron chi connectivity index (χ0n) is 14.5. The lowest BCUT2D eigenvalue weighted by Gasteiger charge is -2.25. The lowest BCUT2D eigenvalue weighted by molar-refractivity contribution is -0.122. The second kappa shape index (κ2) is 9.07. The fraction of sp³-hybridized carbons (Fsp3) is 0.556. The van der Waals surface area contributed by atoms with Gasteiger partial charge in [0.1, 0.15) is 0 Å². The molecule has 1 aliphatic carbocycles. The first-order chi connectivity index (χ1) is 11.6. The minimum Gasteiger partial charge on any atom is -0.357 e. The highest BCUT2D eigenvalue weighted by molar-refractivity contribution is 14.0. The van der Waals surface area contributed by atoms with Gasteiger partial charge in [0.25, 0.3) is 0 Å². The minimum absolute atomic E-state index is 0. The molecule has 5 nitrogen and oxygen atoms in total. The third-order valence-corrected chi connectivity index (χ3v) is 5.02. The van der Waals surface area contributed by atoms with Crippen molar-refractivity contribution in [3.8, 4) is 0 Å². The fourth-order valence-corrected chi connectivity index (χ4v) is 3.30. The van der Waals surface area contributed by atoms with E-state index in [0.717, 1.165) is 43.3 Å².